The number of hydrogen-bond donors (Lipinski definition) is 1. The molecule has 2 heterocycles. The summed E-state index contributed by atoms with van der Waals surface area (Å²) in [4.78, 5) is 31.0. The molecule has 0 bridgehead atoms. The highest BCUT2D eigenvalue weighted by Crippen LogP contribution is 2.23. The molecule has 5 nitrogen and oxygen atoms in total. The van der Waals surface area contributed by atoms with Gasteiger partial charge in [0.05, 0.1) is 15.2 Å². The quantitative estimate of drug-likeness (QED) is 0.671. The standard InChI is InChI=1S/C22H23N3O2S/c26-20(8-5-9-21-24-18-6-1-2-7-19(18)28-21)23-17-12-10-16(11-13-17)22(27)25-14-3-4-15-25/h1-2,6-7,10-13H,3-5,8-9,14-15H2,(H,23,26). The van der Waals surface area contributed by atoms with E-state index in [2.05, 4.69) is 16.4 Å². The van der Waals surface area contributed by atoms with Crippen molar-refractivity contribution in [3.05, 3.63) is 59.1 Å². The van der Waals surface area contributed by atoms with E-state index in [-0.39, 0.29) is 11.8 Å². The summed E-state index contributed by atoms with van der Waals surface area (Å²) in [6.45, 7) is 1.68. The van der Waals surface area contributed by atoms with Crippen LogP contribution in [0.4, 0.5) is 5.69 Å². The molecule has 0 spiro atoms. The van der Waals surface area contributed by atoms with Gasteiger partial charge in [0.2, 0.25) is 5.91 Å². The van der Waals surface area contributed by atoms with Crippen molar-refractivity contribution in [2.75, 3.05) is 18.4 Å². The zero-order chi connectivity index (χ0) is 19.3. The summed E-state index contributed by atoms with van der Waals surface area (Å²) in [5.74, 6) is 0.0611. The number of likely N-dealkylation sites (tertiary alicyclic amines) is 1. The second kappa shape index (κ2) is 8.52. The number of carbonyl (C=O) groups excluding carboxylic acids is 2. The average Bonchev–Trinajstić information content (AvgIpc) is 3.37. The van der Waals surface area contributed by atoms with E-state index in [4.69, 9.17) is 0 Å². The number of anilines is 1. The largest absolute Gasteiger partial charge is 0.339 e. The maximum Gasteiger partial charge on any atom is 0.253 e. The van der Waals surface area contributed by atoms with Crippen LogP contribution in [0, 0.1) is 0 Å². The third-order valence-electron chi connectivity index (χ3n) is 4.94. The zero-order valence-corrected chi connectivity index (χ0v) is 16.5. The molecule has 1 aliphatic rings. The number of benzene rings is 2. The zero-order valence-electron chi connectivity index (χ0n) is 15.7. The summed E-state index contributed by atoms with van der Waals surface area (Å²) in [5, 5.41) is 3.98. The lowest BCUT2D eigenvalue weighted by Crippen LogP contribution is -2.27. The molecule has 6 heteroatoms. The summed E-state index contributed by atoms with van der Waals surface area (Å²) >= 11 is 1.69. The van der Waals surface area contributed by atoms with Gasteiger partial charge in [0.15, 0.2) is 0 Å². The van der Waals surface area contributed by atoms with Crippen molar-refractivity contribution in [2.24, 2.45) is 0 Å². The van der Waals surface area contributed by atoms with Crippen LogP contribution in [0.3, 0.4) is 0 Å². The molecule has 144 valence electrons. The van der Waals surface area contributed by atoms with Gasteiger partial charge in [0.25, 0.3) is 5.91 Å². The molecule has 1 aliphatic heterocycles. The number of nitrogens with zero attached hydrogens (tertiary/aromatic N) is 2. The molecule has 0 atom stereocenters. The molecule has 1 aromatic heterocycles. The molecule has 3 aromatic rings. The number of aryl methyl sites for hydroxylation is 1. The van der Waals surface area contributed by atoms with Crippen LogP contribution in [0.15, 0.2) is 48.5 Å². The number of nitrogens with one attached hydrogen (secondary N) is 1. The number of amides is 2. The Labute approximate surface area is 168 Å². The van der Waals surface area contributed by atoms with Crippen molar-refractivity contribution in [3.8, 4) is 0 Å². The molecule has 1 N–H and O–H groups in total. The maximum atomic E-state index is 12.4. The summed E-state index contributed by atoms with van der Waals surface area (Å²) in [5.41, 5.74) is 2.43. The minimum absolute atomic E-state index is 0.0141. The first-order valence-electron chi connectivity index (χ1n) is 9.73. The van der Waals surface area contributed by atoms with E-state index >= 15 is 0 Å². The molecular formula is C22H23N3O2S. The van der Waals surface area contributed by atoms with Crippen LogP contribution in [0.5, 0.6) is 0 Å². The molecule has 1 saturated heterocycles. The normalized spacial score (nSPS) is 13.8. The van der Waals surface area contributed by atoms with Gasteiger partial charge in [0, 0.05) is 30.8 Å². The molecular weight excluding hydrogens is 370 g/mol. The van der Waals surface area contributed by atoms with Gasteiger partial charge in [-0.15, -0.1) is 11.3 Å². The topological polar surface area (TPSA) is 62.3 Å². The second-order valence-electron chi connectivity index (χ2n) is 7.05. The Hall–Kier alpha value is -2.73. The fourth-order valence-corrected chi connectivity index (χ4v) is 4.46. The SMILES string of the molecule is O=C(CCCc1nc2ccccc2s1)Nc1ccc(C(=O)N2CCCC2)cc1. The second-order valence-corrected chi connectivity index (χ2v) is 8.17. The molecule has 4 rings (SSSR count). The molecule has 0 unspecified atom stereocenters. The minimum atomic E-state index is -0.0141. The Balaban J connectivity index is 1.25. The van der Waals surface area contributed by atoms with Crippen LogP contribution in [-0.2, 0) is 11.2 Å². The van der Waals surface area contributed by atoms with Crippen molar-refractivity contribution >= 4 is 39.1 Å². The molecule has 2 aromatic carbocycles. The smallest absolute Gasteiger partial charge is 0.253 e. The lowest BCUT2D eigenvalue weighted by Gasteiger charge is -2.15. The fraction of sp³-hybridized carbons (Fsp3) is 0.318. The van der Waals surface area contributed by atoms with E-state index in [1.807, 2.05) is 23.1 Å². The number of thiazole rings is 1. The van der Waals surface area contributed by atoms with E-state index < -0.39 is 0 Å². The Bertz CT molecular complexity index is 942. The number of fused-ring (bicyclic) bond motifs is 1. The molecule has 2 amide bonds. The van der Waals surface area contributed by atoms with Crippen LogP contribution in [0.25, 0.3) is 10.2 Å². The summed E-state index contributed by atoms with van der Waals surface area (Å²) in [7, 11) is 0. The first-order chi connectivity index (χ1) is 13.7. The monoisotopic (exact) mass is 393 g/mol. The minimum Gasteiger partial charge on any atom is -0.339 e. The predicted octanol–water partition coefficient (Wildman–Crippen LogP) is 4.49. The number of hydrogen-bond acceptors (Lipinski definition) is 4. The molecule has 28 heavy (non-hydrogen) atoms. The molecule has 0 aliphatic carbocycles. The number of rotatable bonds is 6. The first kappa shape index (κ1) is 18.6. The predicted molar refractivity (Wildman–Crippen MR) is 113 cm³/mol. The van der Waals surface area contributed by atoms with Gasteiger partial charge in [-0.05, 0) is 62.1 Å². The van der Waals surface area contributed by atoms with E-state index in [1.54, 1.807) is 35.6 Å². The van der Waals surface area contributed by atoms with Gasteiger partial charge in [-0.1, -0.05) is 12.1 Å². The maximum absolute atomic E-state index is 12.4. The lowest BCUT2D eigenvalue weighted by molar-refractivity contribution is -0.116. The van der Waals surface area contributed by atoms with Crippen molar-refractivity contribution in [3.63, 3.8) is 0 Å². The van der Waals surface area contributed by atoms with Gasteiger partial charge in [0.1, 0.15) is 0 Å². The van der Waals surface area contributed by atoms with Gasteiger partial charge in [-0.25, -0.2) is 4.98 Å². The Morgan fingerprint density at radius 3 is 2.54 bits per heavy atom. The highest BCUT2D eigenvalue weighted by atomic mass is 32.1. The molecule has 0 saturated carbocycles. The van der Waals surface area contributed by atoms with Crippen LogP contribution >= 0.6 is 11.3 Å². The van der Waals surface area contributed by atoms with E-state index in [0.717, 1.165) is 55.0 Å². The van der Waals surface area contributed by atoms with Crippen LogP contribution in [0.2, 0.25) is 0 Å². The summed E-state index contributed by atoms with van der Waals surface area (Å²) in [6.07, 6.45) is 4.17. The van der Waals surface area contributed by atoms with E-state index in [1.165, 1.54) is 4.70 Å². The summed E-state index contributed by atoms with van der Waals surface area (Å²) in [6, 6.07) is 15.3. The lowest BCUT2D eigenvalue weighted by atomic mass is 10.1. The van der Waals surface area contributed by atoms with Crippen LogP contribution in [-0.4, -0.2) is 34.8 Å². The Morgan fingerprint density at radius 2 is 1.79 bits per heavy atom. The third kappa shape index (κ3) is 4.39. The fourth-order valence-electron chi connectivity index (χ4n) is 3.45. The van der Waals surface area contributed by atoms with Crippen LogP contribution in [0.1, 0.15) is 41.0 Å². The number of aromatic nitrogens is 1. The first-order valence-corrected chi connectivity index (χ1v) is 10.5. The van der Waals surface area contributed by atoms with Gasteiger partial charge >= 0.3 is 0 Å². The Kier molecular flexibility index (Phi) is 5.67. The Morgan fingerprint density at radius 1 is 1.04 bits per heavy atom. The van der Waals surface area contributed by atoms with Gasteiger partial charge in [-0.3, -0.25) is 9.59 Å². The highest BCUT2D eigenvalue weighted by Gasteiger charge is 2.19. The highest BCUT2D eigenvalue weighted by molar-refractivity contribution is 7.18. The van der Waals surface area contributed by atoms with Crippen molar-refractivity contribution in [1.82, 2.24) is 9.88 Å². The number of carbonyl (C=O) groups is 2. The third-order valence-corrected chi connectivity index (χ3v) is 6.04. The summed E-state index contributed by atoms with van der Waals surface area (Å²) < 4.78 is 1.19. The van der Waals surface area contributed by atoms with Crippen molar-refractivity contribution < 1.29 is 9.59 Å². The van der Waals surface area contributed by atoms with E-state index in [9.17, 15) is 9.59 Å². The van der Waals surface area contributed by atoms with Crippen molar-refractivity contribution in [2.45, 2.75) is 32.1 Å². The van der Waals surface area contributed by atoms with Crippen molar-refractivity contribution in [1.29, 1.82) is 0 Å². The molecule has 0 radical (unpaired) electrons. The van der Waals surface area contributed by atoms with E-state index in [0.29, 0.717) is 12.0 Å². The average molecular weight is 394 g/mol. The van der Waals surface area contributed by atoms with Gasteiger partial charge in [-0.2, -0.15) is 0 Å². The number of para-hydroxylation sites is 1. The van der Waals surface area contributed by atoms with Crippen LogP contribution < -0.4 is 5.32 Å². The molecule has 1 fully saturated rings. The van der Waals surface area contributed by atoms with Gasteiger partial charge < -0.3 is 10.2 Å².